The zero-order chi connectivity index (χ0) is 58.5. The third-order valence-electron chi connectivity index (χ3n) is 12.8. The summed E-state index contributed by atoms with van der Waals surface area (Å²) in [5, 5.41) is 18.3. The lowest BCUT2D eigenvalue weighted by atomic mass is 10.0. The quantitative estimate of drug-likeness (QED) is 0.0525. The van der Waals surface area contributed by atoms with Crippen LogP contribution in [0.3, 0.4) is 0 Å². The molecule has 2 aromatic carbocycles. The summed E-state index contributed by atoms with van der Waals surface area (Å²) in [5.41, 5.74) is 13.9. The molecule has 19 heteroatoms. The summed E-state index contributed by atoms with van der Waals surface area (Å²) in [4.78, 5) is 126. The van der Waals surface area contributed by atoms with Crippen molar-refractivity contribution in [1.82, 2.24) is 35.6 Å². The van der Waals surface area contributed by atoms with Crippen LogP contribution in [-0.4, -0.2) is 154 Å². The van der Waals surface area contributed by atoms with Crippen LogP contribution in [0.5, 0.6) is 0 Å². The molecule has 0 aliphatic carbocycles. The normalized spacial score (nSPS) is 12.9. The van der Waals surface area contributed by atoms with Crippen molar-refractivity contribution in [3.8, 4) is 0 Å². The van der Waals surface area contributed by atoms with Crippen LogP contribution in [0.1, 0.15) is 138 Å². The molecule has 0 heterocycles. The van der Waals surface area contributed by atoms with Crippen LogP contribution < -0.4 is 27.4 Å². The summed E-state index contributed by atoms with van der Waals surface area (Å²) in [5.74, 6) is -4.57. The number of aliphatic carboxylic acids is 1. The molecule has 78 heavy (non-hydrogen) atoms. The molecule has 8 amide bonds. The average Bonchev–Trinajstić information content (AvgIpc) is 3.32. The Bertz CT molecular complexity index is 2190. The Labute approximate surface area is 464 Å². The van der Waals surface area contributed by atoms with Gasteiger partial charge in [0.25, 0.3) is 0 Å². The van der Waals surface area contributed by atoms with Gasteiger partial charge in [0.15, 0.2) is 0 Å². The molecule has 0 saturated heterocycles. The van der Waals surface area contributed by atoms with Gasteiger partial charge in [0, 0.05) is 76.0 Å². The van der Waals surface area contributed by atoms with Gasteiger partial charge in [0.2, 0.25) is 47.3 Å². The van der Waals surface area contributed by atoms with Crippen molar-refractivity contribution in [2.24, 2.45) is 41.1 Å². The summed E-state index contributed by atoms with van der Waals surface area (Å²) in [6, 6.07) is 16.8. The molecule has 0 aromatic heterocycles. The number of nitrogens with two attached hydrogens (primary N) is 2. The summed E-state index contributed by atoms with van der Waals surface area (Å²) in [6.45, 7) is 18.2. The lowest BCUT2D eigenvalue weighted by Gasteiger charge is -2.33. The Morgan fingerprint density at radius 1 is 0.436 bits per heavy atom. The highest BCUT2D eigenvalue weighted by atomic mass is 16.4. The van der Waals surface area contributed by atoms with Gasteiger partial charge in [-0.25, -0.2) is 0 Å². The van der Waals surface area contributed by atoms with Crippen molar-refractivity contribution in [2.75, 3.05) is 52.4 Å². The molecule has 2 rings (SSSR count). The van der Waals surface area contributed by atoms with E-state index in [-0.39, 0.29) is 118 Å². The first-order chi connectivity index (χ1) is 36.7. The van der Waals surface area contributed by atoms with Gasteiger partial charge in [-0.05, 0) is 79.2 Å². The number of nitrogens with zero attached hydrogens (tertiary/aromatic N) is 4. The summed E-state index contributed by atoms with van der Waals surface area (Å²) >= 11 is 0. The average molecular weight is 1090 g/mol. The molecule has 2 aromatic rings. The molecule has 0 aliphatic heterocycles. The van der Waals surface area contributed by atoms with Gasteiger partial charge in [0.05, 0.1) is 32.6 Å². The first-order valence-electron chi connectivity index (χ1n) is 28.0. The maximum atomic E-state index is 14.3. The number of carboxylic acids is 1. The number of aryl methyl sites for hydroxylation is 2. The largest absolute Gasteiger partial charge is 0.481 e. The number of primary amides is 1. The maximum absolute atomic E-state index is 14.3. The zero-order valence-corrected chi connectivity index (χ0v) is 48.5. The topological polar surface area (TPSA) is 275 Å². The SMILES string of the molecule is CC(C)CC(=O)N(CC(=O)N[C@@H](CC(C)C)CN(CC(=O)N[C@@H](CC(C)C)CN(CC(N)=O)C(=O)CCC(=O)O)C(=O)CCc1ccccc1)C[C@H](CC(C)C)NC(=O)CN(C[C@@H](N)CC(C)C)C(=O)CCc1ccccc1. The maximum Gasteiger partial charge on any atom is 0.303 e. The Kier molecular flexibility index (Phi) is 31.2. The van der Waals surface area contributed by atoms with E-state index in [9.17, 15) is 48.3 Å². The van der Waals surface area contributed by atoms with Crippen molar-refractivity contribution >= 4 is 53.2 Å². The molecule has 4 atom stereocenters. The molecule has 0 unspecified atom stereocenters. The first kappa shape index (κ1) is 67.7. The molecule has 0 spiro atoms. The number of carbonyl (C=O) groups is 9. The summed E-state index contributed by atoms with van der Waals surface area (Å²) in [6.07, 6.45) is 2.32. The number of benzene rings is 2. The van der Waals surface area contributed by atoms with Gasteiger partial charge in [-0.3, -0.25) is 43.2 Å². The van der Waals surface area contributed by atoms with Crippen LogP contribution in [0.25, 0.3) is 0 Å². The molecule has 0 bridgehead atoms. The smallest absolute Gasteiger partial charge is 0.303 e. The van der Waals surface area contributed by atoms with Gasteiger partial charge in [-0.15, -0.1) is 0 Å². The fourth-order valence-corrected chi connectivity index (χ4v) is 9.51. The summed E-state index contributed by atoms with van der Waals surface area (Å²) < 4.78 is 0. The van der Waals surface area contributed by atoms with Crippen molar-refractivity contribution in [3.05, 3.63) is 71.8 Å². The van der Waals surface area contributed by atoms with E-state index in [1.807, 2.05) is 130 Å². The van der Waals surface area contributed by atoms with Gasteiger partial charge in [0.1, 0.15) is 0 Å². The van der Waals surface area contributed by atoms with Crippen molar-refractivity contribution in [2.45, 2.75) is 164 Å². The monoisotopic (exact) mass is 1090 g/mol. The van der Waals surface area contributed by atoms with E-state index in [4.69, 9.17) is 11.5 Å². The second-order valence-electron chi connectivity index (χ2n) is 23.1. The number of hydrogen-bond donors (Lipinski definition) is 6. The Morgan fingerprint density at radius 3 is 1.10 bits per heavy atom. The van der Waals surface area contributed by atoms with E-state index in [1.54, 1.807) is 0 Å². The molecule has 8 N–H and O–H groups in total. The Hall–Kier alpha value is -6.37. The number of carbonyl (C=O) groups excluding carboxylic acids is 8. The fraction of sp³-hybridized carbons (Fsp3) is 0.644. The van der Waals surface area contributed by atoms with Gasteiger partial charge >= 0.3 is 5.97 Å². The molecule has 0 aliphatic rings. The van der Waals surface area contributed by atoms with Gasteiger partial charge < -0.3 is 52.1 Å². The van der Waals surface area contributed by atoms with Crippen LogP contribution in [0, 0.1) is 29.6 Å². The molecule has 0 saturated carbocycles. The van der Waals surface area contributed by atoms with E-state index in [0.29, 0.717) is 38.5 Å². The number of amides is 8. The van der Waals surface area contributed by atoms with Crippen LogP contribution in [-0.2, 0) is 56.0 Å². The number of carboxylic acid groups (broad SMARTS) is 1. The number of hydrogen-bond acceptors (Lipinski definition) is 10. The van der Waals surface area contributed by atoms with Crippen LogP contribution in [0.4, 0.5) is 0 Å². The molecule has 19 nitrogen and oxygen atoms in total. The van der Waals surface area contributed by atoms with Gasteiger partial charge in [-0.2, -0.15) is 0 Å². The minimum Gasteiger partial charge on any atom is -0.481 e. The Morgan fingerprint density at radius 2 is 0.769 bits per heavy atom. The zero-order valence-electron chi connectivity index (χ0n) is 48.5. The highest BCUT2D eigenvalue weighted by Gasteiger charge is 2.30. The third kappa shape index (κ3) is 30.0. The van der Waals surface area contributed by atoms with E-state index in [2.05, 4.69) is 16.0 Å². The Balaban J connectivity index is 2.44. The molecule has 0 radical (unpaired) electrons. The second kappa shape index (κ2) is 35.9. The van der Waals surface area contributed by atoms with Crippen molar-refractivity contribution < 1.29 is 48.3 Å². The minimum atomic E-state index is -1.19. The first-order valence-corrected chi connectivity index (χ1v) is 28.0. The molecule has 0 fully saturated rings. The standard InChI is InChI=1S/C59H95N9O10/c1-40(2)27-47(60)32-65(55(73)23-21-45-17-13-11-14-18-45)37-52(70)64-50(30-43(7)8)35-68(58(76)31-44(9)10)39-54(72)63-49(29-42(5)6)34-67(56(74)24-22-46-19-15-12-16-20-46)38-53(71)62-48(28-41(3)4)33-66(36-51(61)69)57(75)25-26-59(77)78/h11-20,40-44,47-50H,21-39,60H2,1-10H3,(H2,61,69)(H,62,71)(H,63,72)(H,64,70)(H,77,78)/t47-,48-,49-,50-/m0/s1. The lowest BCUT2D eigenvalue weighted by molar-refractivity contribution is -0.142. The summed E-state index contributed by atoms with van der Waals surface area (Å²) in [7, 11) is 0. The minimum absolute atomic E-state index is 0.0103. The van der Waals surface area contributed by atoms with Crippen molar-refractivity contribution in [3.63, 3.8) is 0 Å². The van der Waals surface area contributed by atoms with Crippen LogP contribution in [0.15, 0.2) is 60.7 Å². The molecular weight excluding hydrogens is 995 g/mol. The number of nitrogens with one attached hydrogen (secondary N) is 3. The fourth-order valence-electron chi connectivity index (χ4n) is 9.51. The highest BCUT2D eigenvalue weighted by Crippen LogP contribution is 2.16. The predicted molar refractivity (Wildman–Crippen MR) is 303 cm³/mol. The van der Waals surface area contributed by atoms with Crippen LogP contribution in [0.2, 0.25) is 0 Å². The van der Waals surface area contributed by atoms with E-state index < -0.39 is 73.1 Å². The van der Waals surface area contributed by atoms with Crippen molar-refractivity contribution in [1.29, 1.82) is 0 Å². The predicted octanol–water partition coefficient (Wildman–Crippen LogP) is 4.93. The van der Waals surface area contributed by atoms with Gasteiger partial charge in [-0.1, -0.05) is 130 Å². The lowest BCUT2D eigenvalue weighted by Crippen LogP contribution is -2.55. The number of rotatable bonds is 38. The van der Waals surface area contributed by atoms with Crippen LogP contribution >= 0.6 is 0 Å². The highest BCUT2D eigenvalue weighted by molar-refractivity contribution is 5.88. The third-order valence-corrected chi connectivity index (χ3v) is 12.8. The van der Waals surface area contributed by atoms with E-state index >= 15 is 0 Å². The van der Waals surface area contributed by atoms with E-state index in [0.717, 1.165) is 16.0 Å². The second-order valence-corrected chi connectivity index (χ2v) is 23.1. The molecule has 436 valence electrons. The van der Waals surface area contributed by atoms with E-state index in [1.165, 1.54) is 14.7 Å². The molecular formula is C59H95N9O10.